The van der Waals surface area contributed by atoms with Gasteiger partial charge in [0, 0.05) is 17.5 Å². The van der Waals surface area contributed by atoms with E-state index in [0.717, 1.165) is 11.7 Å². The molecule has 12 heteroatoms. The first kappa shape index (κ1) is 22.1. The molecule has 1 aliphatic rings. The summed E-state index contributed by atoms with van der Waals surface area (Å²) in [6.45, 7) is 2.46. The minimum atomic E-state index is -1.75. The van der Waals surface area contributed by atoms with Crippen LogP contribution in [-0.4, -0.2) is 104 Å². The van der Waals surface area contributed by atoms with Gasteiger partial charge in [0.25, 0.3) is 0 Å². The Morgan fingerprint density at radius 3 is 2.17 bits per heavy atom. The van der Waals surface area contributed by atoms with Crippen molar-refractivity contribution in [2.24, 2.45) is 0 Å². The molecule has 2 aromatic rings. The maximum Gasteiger partial charge on any atom is 0.167 e. The fraction of sp³-hybridized carbons (Fsp3) is 0.412. The topological polar surface area (TPSA) is 97.1 Å². The van der Waals surface area contributed by atoms with Gasteiger partial charge in [-0.1, -0.05) is 13.0 Å². The first-order valence-electron chi connectivity index (χ1n) is 9.88. The van der Waals surface area contributed by atoms with E-state index >= 15 is 0 Å². The third kappa shape index (κ3) is 3.18. The Kier molecular flexibility index (Phi) is 5.33. The number of aromatic nitrogens is 1. The normalized spacial score (nSPS) is 33.0. The lowest BCUT2D eigenvalue weighted by molar-refractivity contribution is -0.311. The number of likely N-dealkylation sites (N-methyl/N-ethyl adjacent to an activating group) is 1. The Balaban J connectivity index is 2.06. The van der Waals surface area contributed by atoms with Crippen LogP contribution in [0.15, 0.2) is 30.3 Å². The predicted molar refractivity (Wildman–Crippen MR) is 125 cm³/mol. The Bertz CT molecular complexity index is 926. The number of carbonyl (C=O) groups is 1. The molecule has 1 saturated heterocycles. The van der Waals surface area contributed by atoms with Crippen LogP contribution >= 0.6 is 0 Å². The van der Waals surface area contributed by atoms with Gasteiger partial charge in [0.05, 0.1) is 16.8 Å². The number of carbonyl (C=O) groups excluding carboxylic acids is 1. The maximum absolute atomic E-state index is 11.5. The van der Waals surface area contributed by atoms with Gasteiger partial charge in [0.2, 0.25) is 0 Å². The van der Waals surface area contributed by atoms with Gasteiger partial charge < -0.3 is 15.3 Å². The highest BCUT2D eigenvalue weighted by molar-refractivity contribution is 6.45. The summed E-state index contributed by atoms with van der Waals surface area (Å²) >= 11 is 0. The minimum Gasteiger partial charge on any atom is -0.384 e. The van der Waals surface area contributed by atoms with E-state index in [4.69, 9.17) is 0 Å². The molecule has 3 rings (SSSR count). The molecule has 0 saturated carbocycles. The summed E-state index contributed by atoms with van der Waals surface area (Å²) in [5.41, 5.74) is -2.90. The summed E-state index contributed by atoms with van der Waals surface area (Å²) in [6.07, 6.45) is 0.791. The van der Waals surface area contributed by atoms with Crippen molar-refractivity contribution in [2.75, 3.05) is 6.54 Å². The molecule has 29 heavy (non-hydrogen) atoms. The number of hydrogen-bond donors (Lipinski definition) is 3. The smallest absolute Gasteiger partial charge is 0.167 e. The van der Waals surface area contributed by atoms with Gasteiger partial charge in [-0.3, -0.25) is 19.6 Å². The van der Waals surface area contributed by atoms with E-state index in [1.54, 1.807) is 44.9 Å². The number of aliphatic hydroxyl groups is 3. The first-order valence-corrected chi connectivity index (χ1v) is 9.88. The summed E-state index contributed by atoms with van der Waals surface area (Å²) in [7, 11) is 8.42. The Labute approximate surface area is 175 Å². The van der Waals surface area contributed by atoms with E-state index in [1.807, 2.05) is 28.7 Å². The summed E-state index contributed by atoms with van der Waals surface area (Å²) in [6, 6.07) is 8.90. The number of hydrogen-bond acceptors (Lipinski definition) is 7. The molecule has 3 atom stereocenters. The summed E-state index contributed by atoms with van der Waals surface area (Å²) in [5.74, 6) is 0. The molecule has 148 valence electrons. The molecule has 2 heterocycles. The molecular formula is C17H26B5N3O4. The molecule has 1 aromatic heterocycles. The fourth-order valence-corrected chi connectivity index (χ4v) is 4.59. The SMILES string of the molecule is BC1(B)N(CC)C(B)(O)C(B)(O)N(Cc2ccc3cc(C=O)ccc3n2)C1(B)O. The molecule has 0 bridgehead atoms. The van der Waals surface area contributed by atoms with Crippen molar-refractivity contribution >= 4 is 56.4 Å². The number of pyridine rings is 1. The average Bonchev–Trinajstić information content (AvgIpc) is 2.64. The van der Waals surface area contributed by atoms with Crippen molar-refractivity contribution in [2.45, 2.75) is 35.7 Å². The van der Waals surface area contributed by atoms with Gasteiger partial charge in [-0.2, -0.15) is 0 Å². The number of benzene rings is 1. The van der Waals surface area contributed by atoms with E-state index in [0.29, 0.717) is 23.3 Å². The number of rotatable bonds is 4. The van der Waals surface area contributed by atoms with E-state index in [2.05, 4.69) is 4.98 Å². The number of nitrogens with zero attached hydrogens (tertiary/aromatic N) is 3. The van der Waals surface area contributed by atoms with E-state index in [9.17, 15) is 20.1 Å². The van der Waals surface area contributed by atoms with Crippen LogP contribution in [0.5, 0.6) is 0 Å². The van der Waals surface area contributed by atoms with Crippen molar-refractivity contribution in [1.82, 2.24) is 14.8 Å². The highest BCUT2D eigenvalue weighted by Crippen LogP contribution is 2.43. The number of piperazine rings is 1. The van der Waals surface area contributed by atoms with Crippen molar-refractivity contribution < 1.29 is 20.1 Å². The van der Waals surface area contributed by atoms with Crippen LogP contribution in [0.2, 0.25) is 0 Å². The second-order valence-corrected chi connectivity index (χ2v) is 8.82. The predicted octanol–water partition coefficient (Wildman–Crippen LogP) is -5.06. The molecule has 1 aliphatic heterocycles. The Morgan fingerprint density at radius 1 is 0.966 bits per heavy atom. The van der Waals surface area contributed by atoms with Crippen molar-refractivity contribution in [3.8, 4) is 0 Å². The zero-order valence-corrected chi connectivity index (χ0v) is 18.0. The van der Waals surface area contributed by atoms with E-state index in [1.165, 1.54) is 12.7 Å². The highest BCUT2D eigenvalue weighted by atomic mass is 16.4. The van der Waals surface area contributed by atoms with E-state index in [-0.39, 0.29) is 6.54 Å². The van der Waals surface area contributed by atoms with Gasteiger partial charge in [0.15, 0.2) is 23.5 Å². The zero-order valence-electron chi connectivity index (χ0n) is 18.0. The van der Waals surface area contributed by atoms with Gasteiger partial charge in [-0.05, 0) is 36.1 Å². The average molecular weight is 390 g/mol. The summed E-state index contributed by atoms with van der Waals surface area (Å²) < 4.78 is 0. The van der Waals surface area contributed by atoms with Crippen molar-refractivity contribution in [1.29, 1.82) is 0 Å². The summed E-state index contributed by atoms with van der Waals surface area (Å²) in [4.78, 5) is 18.8. The third-order valence-corrected chi connectivity index (χ3v) is 6.85. The van der Waals surface area contributed by atoms with Crippen molar-refractivity contribution in [3.05, 3.63) is 41.6 Å². The third-order valence-electron chi connectivity index (χ3n) is 6.85. The molecule has 0 amide bonds. The minimum absolute atomic E-state index is 0.127. The molecule has 1 fully saturated rings. The van der Waals surface area contributed by atoms with Crippen LogP contribution in [0.3, 0.4) is 0 Å². The first-order chi connectivity index (χ1) is 13.3. The zero-order chi connectivity index (χ0) is 21.8. The van der Waals surface area contributed by atoms with Crippen LogP contribution < -0.4 is 0 Å². The lowest BCUT2D eigenvalue weighted by Gasteiger charge is -2.69. The standard InChI is InChI=1S/C17H26B5N3O4/c1-2-24-14(18,19)15(20,27)25(17(22,29)16(24,21)28)8-12-5-4-11-7-10(9-26)3-6-13(11)23-12/h3-7,9,27-29H,2,8,18-22H2,1H3. The van der Waals surface area contributed by atoms with Gasteiger partial charge in [0.1, 0.15) is 33.2 Å². The second-order valence-electron chi connectivity index (χ2n) is 8.82. The molecule has 0 radical (unpaired) electrons. The van der Waals surface area contributed by atoms with Crippen molar-refractivity contribution in [3.63, 3.8) is 0 Å². The molecule has 0 spiro atoms. The molecule has 1 aromatic carbocycles. The van der Waals surface area contributed by atoms with Crippen LogP contribution in [0.1, 0.15) is 23.0 Å². The number of aldehydes is 1. The fourth-order valence-electron chi connectivity index (χ4n) is 4.59. The second kappa shape index (κ2) is 6.99. The van der Waals surface area contributed by atoms with E-state index < -0.39 is 22.2 Å². The highest BCUT2D eigenvalue weighted by Gasteiger charge is 2.65. The lowest BCUT2D eigenvalue weighted by atomic mass is 9.44. The monoisotopic (exact) mass is 391 g/mol. The van der Waals surface area contributed by atoms with Gasteiger partial charge >= 0.3 is 0 Å². The molecule has 7 nitrogen and oxygen atoms in total. The van der Waals surface area contributed by atoms with Gasteiger partial charge in [-0.15, -0.1) is 0 Å². The maximum atomic E-state index is 11.5. The quantitative estimate of drug-likeness (QED) is 0.355. The van der Waals surface area contributed by atoms with Crippen LogP contribution in [-0.2, 0) is 6.54 Å². The molecule has 0 aliphatic carbocycles. The van der Waals surface area contributed by atoms with Crippen LogP contribution in [0.4, 0.5) is 0 Å². The lowest BCUT2D eigenvalue weighted by Crippen LogP contribution is -2.90. The molecule has 3 N–H and O–H groups in total. The Hall–Kier alpha value is -1.58. The molecular weight excluding hydrogens is 364 g/mol. The van der Waals surface area contributed by atoms with Crippen LogP contribution in [0.25, 0.3) is 10.9 Å². The largest absolute Gasteiger partial charge is 0.384 e. The van der Waals surface area contributed by atoms with Gasteiger partial charge in [-0.25, -0.2) is 0 Å². The summed E-state index contributed by atoms with van der Waals surface area (Å²) in [5, 5.41) is 34.2. The molecule has 3 unspecified atom stereocenters. The van der Waals surface area contributed by atoms with Crippen LogP contribution in [0, 0.1) is 0 Å². The number of fused-ring (bicyclic) bond motifs is 1. The Morgan fingerprint density at radius 2 is 1.59 bits per heavy atom.